The second-order valence-electron chi connectivity index (χ2n) is 6.96. The number of hydrogen-bond donors (Lipinski definition) is 1. The van der Waals surface area contributed by atoms with Gasteiger partial charge in [-0.05, 0) is 47.3 Å². The van der Waals surface area contributed by atoms with Crippen molar-refractivity contribution in [1.29, 1.82) is 0 Å². The van der Waals surface area contributed by atoms with Crippen molar-refractivity contribution in [3.63, 3.8) is 0 Å². The number of carbonyl (C=O) groups is 1. The van der Waals surface area contributed by atoms with E-state index in [1.807, 2.05) is 17.5 Å². The number of halogens is 1. The van der Waals surface area contributed by atoms with E-state index in [0.29, 0.717) is 22.2 Å². The van der Waals surface area contributed by atoms with Gasteiger partial charge in [0.2, 0.25) is 0 Å². The maximum Gasteiger partial charge on any atom is 0.342 e. The van der Waals surface area contributed by atoms with Crippen LogP contribution in [-0.4, -0.2) is 26.9 Å². The van der Waals surface area contributed by atoms with Crippen molar-refractivity contribution in [1.82, 2.24) is 8.75 Å². The third-order valence-corrected chi connectivity index (χ3v) is 6.61. The average molecular weight is 455 g/mol. The van der Waals surface area contributed by atoms with Crippen LogP contribution >= 0.6 is 23.1 Å². The Morgan fingerprint density at radius 1 is 1.16 bits per heavy atom. The molecule has 2 aromatic heterocycles. The van der Waals surface area contributed by atoms with Crippen LogP contribution in [-0.2, 0) is 21.7 Å². The molecule has 0 saturated carbocycles. The smallest absolute Gasteiger partial charge is 0.342 e. The third kappa shape index (κ3) is 3.31. The lowest BCUT2D eigenvalue weighted by atomic mass is 9.89. The Labute approximate surface area is 184 Å². The number of nitrogens with zero attached hydrogens (tertiary/aromatic N) is 2. The lowest BCUT2D eigenvalue weighted by Gasteiger charge is -2.25. The number of methoxy groups -OCH3 is 1. The molecule has 6 nitrogen and oxygen atoms in total. The van der Waals surface area contributed by atoms with E-state index in [1.54, 1.807) is 18.2 Å². The Bertz CT molecular complexity index is 1330. The zero-order valence-corrected chi connectivity index (χ0v) is 17.8. The molecular formula is C22H15FN2O4S2. The Kier molecular flexibility index (Phi) is 4.81. The summed E-state index contributed by atoms with van der Waals surface area (Å²) in [6.45, 7) is 0. The molecule has 1 aliphatic rings. The first-order chi connectivity index (χ1) is 15.0. The van der Waals surface area contributed by atoms with Crippen molar-refractivity contribution >= 4 is 45.6 Å². The van der Waals surface area contributed by atoms with Crippen LogP contribution in [0.2, 0.25) is 0 Å². The van der Waals surface area contributed by atoms with Gasteiger partial charge in [0, 0.05) is 22.4 Å². The average Bonchev–Trinajstić information content (AvgIpc) is 3.48. The SMILES string of the molecule is COc1ccc(C2(O)OC(=O)C(c3ccc4nsnc4c3)=C2Cc2cccs2)cc1F. The first-order valence-electron chi connectivity index (χ1n) is 9.28. The van der Waals surface area contributed by atoms with Crippen molar-refractivity contribution in [2.75, 3.05) is 7.11 Å². The number of aliphatic hydroxyl groups is 1. The van der Waals surface area contributed by atoms with Crippen molar-refractivity contribution in [3.05, 3.63) is 81.3 Å². The summed E-state index contributed by atoms with van der Waals surface area (Å²) in [4.78, 5) is 13.9. The van der Waals surface area contributed by atoms with E-state index >= 15 is 0 Å². The molecular weight excluding hydrogens is 439 g/mol. The highest BCUT2D eigenvalue weighted by molar-refractivity contribution is 7.09. The van der Waals surface area contributed by atoms with E-state index in [-0.39, 0.29) is 23.3 Å². The first-order valence-corrected chi connectivity index (χ1v) is 10.9. The number of benzene rings is 2. The molecule has 5 rings (SSSR count). The normalized spacial score (nSPS) is 18.6. The summed E-state index contributed by atoms with van der Waals surface area (Å²) in [6, 6.07) is 13.0. The van der Waals surface area contributed by atoms with Crippen LogP contribution in [0.25, 0.3) is 16.6 Å². The van der Waals surface area contributed by atoms with E-state index in [2.05, 4.69) is 8.75 Å². The molecule has 1 N–H and O–H groups in total. The van der Waals surface area contributed by atoms with Gasteiger partial charge in [-0.2, -0.15) is 8.75 Å². The lowest BCUT2D eigenvalue weighted by Crippen LogP contribution is -2.29. The number of aromatic nitrogens is 2. The fourth-order valence-electron chi connectivity index (χ4n) is 3.68. The van der Waals surface area contributed by atoms with Crippen LogP contribution in [0, 0.1) is 5.82 Å². The van der Waals surface area contributed by atoms with Crippen LogP contribution in [0.3, 0.4) is 0 Å². The largest absolute Gasteiger partial charge is 0.494 e. The number of thiophene rings is 1. The third-order valence-electron chi connectivity index (χ3n) is 5.17. The summed E-state index contributed by atoms with van der Waals surface area (Å²) in [6.07, 6.45) is 0.260. The monoisotopic (exact) mass is 454 g/mol. The highest BCUT2D eigenvalue weighted by atomic mass is 32.1. The molecule has 156 valence electrons. The minimum absolute atomic E-state index is 0.0298. The summed E-state index contributed by atoms with van der Waals surface area (Å²) in [5, 5.41) is 13.5. The molecule has 1 unspecified atom stereocenters. The van der Waals surface area contributed by atoms with Crippen LogP contribution < -0.4 is 4.74 Å². The van der Waals surface area contributed by atoms with Gasteiger partial charge < -0.3 is 14.6 Å². The number of ether oxygens (including phenoxy) is 2. The second-order valence-corrected chi connectivity index (χ2v) is 8.52. The number of fused-ring (bicyclic) bond motifs is 1. The van der Waals surface area contributed by atoms with Crippen molar-refractivity contribution in [2.45, 2.75) is 12.2 Å². The van der Waals surface area contributed by atoms with Crippen molar-refractivity contribution < 1.29 is 23.8 Å². The highest BCUT2D eigenvalue weighted by Gasteiger charge is 2.48. The Morgan fingerprint density at radius 3 is 2.74 bits per heavy atom. The quantitative estimate of drug-likeness (QED) is 0.453. The fraction of sp³-hybridized carbons (Fsp3) is 0.136. The molecule has 1 atom stereocenters. The molecule has 0 radical (unpaired) electrons. The number of esters is 1. The van der Waals surface area contributed by atoms with E-state index in [4.69, 9.17) is 9.47 Å². The van der Waals surface area contributed by atoms with Crippen LogP contribution in [0.15, 0.2) is 59.5 Å². The standard InChI is InChI=1S/C22H15FN2O4S2/c1-28-19-7-5-13(10-16(19)23)22(27)15(11-14-3-2-8-30-14)20(21(26)29-22)12-4-6-17-18(9-12)25-31-24-17/h2-10,27H,11H2,1H3. The second kappa shape index (κ2) is 7.52. The van der Waals surface area contributed by atoms with Gasteiger partial charge in [0.25, 0.3) is 5.79 Å². The minimum Gasteiger partial charge on any atom is -0.494 e. The first kappa shape index (κ1) is 19.8. The molecule has 0 aliphatic carbocycles. The van der Waals surface area contributed by atoms with Gasteiger partial charge >= 0.3 is 5.97 Å². The van der Waals surface area contributed by atoms with E-state index in [0.717, 1.165) is 22.7 Å². The summed E-state index contributed by atoms with van der Waals surface area (Å²) in [7, 11) is 1.35. The van der Waals surface area contributed by atoms with Crippen molar-refractivity contribution in [3.8, 4) is 5.75 Å². The molecule has 2 aromatic carbocycles. The molecule has 31 heavy (non-hydrogen) atoms. The highest BCUT2D eigenvalue weighted by Crippen LogP contribution is 2.45. The Morgan fingerprint density at radius 2 is 2.00 bits per heavy atom. The molecule has 0 amide bonds. The topological polar surface area (TPSA) is 81.5 Å². The zero-order chi connectivity index (χ0) is 21.6. The number of cyclic esters (lactones) is 1. The number of rotatable bonds is 5. The predicted molar refractivity (Wildman–Crippen MR) is 115 cm³/mol. The van der Waals surface area contributed by atoms with Crippen LogP contribution in [0.1, 0.15) is 16.0 Å². The molecule has 0 saturated heterocycles. The Balaban J connectivity index is 1.71. The summed E-state index contributed by atoms with van der Waals surface area (Å²) >= 11 is 2.57. The lowest BCUT2D eigenvalue weighted by molar-refractivity contribution is -0.185. The summed E-state index contributed by atoms with van der Waals surface area (Å²) < 4.78 is 33.3. The van der Waals surface area contributed by atoms with Gasteiger partial charge in [-0.15, -0.1) is 11.3 Å². The molecule has 0 spiro atoms. The zero-order valence-electron chi connectivity index (χ0n) is 16.2. The van der Waals surface area contributed by atoms with E-state index < -0.39 is 17.6 Å². The van der Waals surface area contributed by atoms with Crippen LogP contribution in [0.5, 0.6) is 5.75 Å². The molecule has 3 heterocycles. The van der Waals surface area contributed by atoms with Crippen LogP contribution in [0.4, 0.5) is 4.39 Å². The van der Waals surface area contributed by atoms with Gasteiger partial charge in [0.05, 0.1) is 24.4 Å². The fourth-order valence-corrected chi connectivity index (χ4v) is 4.91. The van der Waals surface area contributed by atoms with E-state index in [9.17, 15) is 14.3 Å². The van der Waals surface area contributed by atoms with Gasteiger partial charge in [-0.1, -0.05) is 12.1 Å². The molecule has 0 bridgehead atoms. The minimum atomic E-state index is -2.11. The summed E-state index contributed by atoms with van der Waals surface area (Å²) in [5.74, 6) is -3.43. The molecule has 9 heteroatoms. The molecule has 0 fully saturated rings. The Hall–Kier alpha value is -3.14. The molecule has 1 aliphatic heterocycles. The maximum absolute atomic E-state index is 14.4. The van der Waals surface area contributed by atoms with E-state index in [1.165, 1.54) is 30.6 Å². The maximum atomic E-state index is 14.4. The van der Waals surface area contributed by atoms with Gasteiger partial charge in [0.15, 0.2) is 11.6 Å². The predicted octanol–water partition coefficient (Wildman–Crippen LogP) is 4.30. The van der Waals surface area contributed by atoms with Crippen molar-refractivity contribution in [2.24, 2.45) is 0 Å². The van der Waals surface area contributed by atoms with Gasteiger partial charge in [-0.25, -0.2) is 9.18 Å². The number of hydrogen-bond acceptors (Lipinski definition) is 8. The number of carbonyl (C=O) groups excluding carboxylic acids is 1. The van der Waals surface area contributed by atoms with Gasteiger partial charge in [-0.3, -0.25) is 0 Å². The van der Waals surface area contributed by atoms with Gasteiger partial charge in [0.1, 0.15) is 11.0 Å². The molecule has 4 aromatic rings. The summed E-state index contributed by atoms with van der Waals surface area (Å²) in [5.41, 5.74) is 2.60.